The highest BCUT2D eigenvalue weighted by molar-refractivity contribution is 6.38. The lowest BCUT2D eigenvalue weighted by atomic mass is 10.2. The second kappa shape index (κ2) is 7.15. The molecule has 8 heteroatoms. The maximum Gasteiger partial charge on any atom is 0.328 e. The summed E-state index contributed by atoms with van der Waals surface area (Å²) in [5, 5.41) is 16.1. The Kier molecular flexibility index (Phi) is 4.99. The van der Waals surface area contributed by atoms with Crippen LogP contribution in [0.4, 0.5) is 0 Å². The van der Waals surface area contributed by atoms with Crippen LogP contribution in [0.1, 0.15) is 5.56 Å². The number of hydrogen-bond acceptors (Lipinski definition) is 5. The van der Waals surface area contributed by atoms with E-state index in [0.717, 1.165) is 5.56 Å². The average molecular weight is 289 g/mol. The Balaban J connectivity index is 2.02. The Morgan fingerprint density at radius 3 is 2.48 bits per heavy atom. The number of carbonyl (C=O) groups is 2. The quantitative estimate of drug-likeness (QED) is 0.714. The number of aromatic nitrogens is 3. The first-order valence-corrected chi connectivity index (χ1v) is 6.30. The third-order valence-corrected chi connectivity index (χ3v) is 2.72. The minimum Gasteiger partial charge on any atom is -0.395 e. The van der Waals surface area contributed by atoms with Gasteiger partial charge in [0.25, 0.3) is 0 Å². The molecule has 0 saturated heterocycles. The highest BCUT2D eigenvalue weighted by Crippen LogP contribution is 2.04. The molecule has 0 atom stereocenters. The Bertz CT molecular complexity index is 585. The van der Waals surface area contributed by atoms with Gasteiger partial charge in [0.05, 0.1) is 6.61 Å². The lowest BCUT2D eigenvalue weighted by Crippen LogP contribution is -2.42. The number of rotatable bonds is 5. The normalized spacial score (nSPS) is 10.1. The molecule has 0 aliphatic heterocycles. The van der Waals surface area contributed by atoms with E-state index in [9.17, 15) is 9.59 Å². The SMILES string of the molecule is O=C(Nn1cnnc1)C(=O)N(CCO)Cc1ccccc1. The summed E-state index contributed by atoms with van der Waals surface area (Å²) in [5.74, 6) is -1.55. The summed E-state index contributed by atoms with van der Waals surface area (Å²) < 4.78 is 1.18. The lowest BCUT2D eigenvalue weighted by Gasteiger charge is -2.21. The summed E-state index contributed by atoms with van der Waals surface area (Å²) in [6.45, 7) is 0.0949. The Morgan fingerprint density at radius 2 is 1.86 bits per heavy atom. The van der Waals surface area contributed by atoms with Gasteiger partial charge in [-0.1, -0.05) is 30.3 Å². The molecule has 8 nitrogen and oxygen atoms in total. The van der Waals surface area contributed by atoms with Gasteiger partial charge in [0, 0.05) is 13.1 Å². The molecular weight excluding hydrogens is 274 g/mol. The molecule has 2 N–H and O–H groups in total. The van der Waals surface area contributed by atoms with Gasteiger partial charge in [0.15, 0.2) is 0 Å². The molecule has 0 spiro atoms. The fraction of sp³-hybridized carbons (Fsp3) is 0.231. The predicted octanol–water partition coefficient (Wildman–Crippen LogP) is -0.631. The molecule has 2 aromatic rings. The van der Waals surface area contributed by atoms with Crippen LogP contribution in [0.2, 0.25) is 0 Å². The van der Waals surface area contributed by atoms with Crippen LogP contribution in [-0.2, 0) is 16.1 Å². The summed E-state index contributed by atoms with van der Waals surface area (Å²) in [6.07, 6.45) is 2.53. The zero-order valence-electron chi connectivity index (χ0n) is 11.2. The van der Waals surface area contributed by atoms with E-state index in [-0.39, 0.29) is 19.7 Å². The van der Waals surface area contributed by atoms with Crippen molar-refractivity contribution in [3.05, 3.63) is 48.5 Å². The van der Waals surface area contributed by atoms with Gasteiger partial charge in [0.2, 0.25) is 0 Å². The standard InChI is InChI=1S/C13H15N5O3/c19-7-6-17(8-11-4-2-1-3-5-11)13(21)12(20)16-18-9-14-15-10-18/h1-5,9-10,19H,6-8H2,(H,16,20). The molecule has 0 aliphatic rings. The van der Waals surface area contributed by atoms with Crippen LogP contribution < -0.4 is 5.43 Å². The third kappa shape index (κ3) is 4.11. The zero-order chi connectivity index (χ0) is 15.1. The van der Waals surface area contributed by atoms with Crippen molar-refractivity contribution in [3.8, 4) is 0 Å². The second-order valence-corrected chi connectivity index (χ2v) is 4.25. The number of hydrogen-bond donors (Lipinski definition) is 2. The van der Waals surface area contributed by atoms with E-state index in [1.807, 2.05) is 30.3 Å². The Morgan fingerprint density at radius 1 is 1.19 bits per heavy atom. The molecule has 0 aliphatic carbocycles. The second-order valence-electron chi connectivity index (χ2n) is 4.25. The van der Waals surface area contributed by atoms with Crippen molar-refractivity contribution in [2.45, 2.75) is 6.54 Å². The highest BCUT2D eigenvalue weighted by Gasteiger charge is 2.21. The number of carbonyl (C=O) groups excluding carboxylic acids is 2. The number of nitrogens with zero attached hydrogens (tertiary/aromatic N) is 4. The molecule has 0 unspecified atom stereocenters. The molecule has 21 heavy (non-hydrogen) atoms. The first-order valence-electron chi connectivity index (χ1n) is 6.30. The van der Waals surface area contributed by atoms with E-state index in [1.165, 1.54) is 22.2 Å². The Labute approximate surface area is 121 Å². The summed E-state index contributed by atoms with van der Waals surface area (Å²) in [4.78, 5) is 25.2. The van der Waals surface area contributed by atoms with Gasteiger partial charge < -0.3 is 10.0 Å². The van der Waals surface area contributed by atoms with E-state index in [4.69, 9.17) is 5.11 Å². The summed E-state index contributed by atoms with van der Waals surface area (Å²) in [5.41, 5.74) is 3.20. The molecule has 0 fully saturated rings. The number of benzene rings is 1. The first kappa shape index (κ1) is 14.7. The van der Waals surface area contributed by atoms with Crippen LogP contribution in [0.3, 0.4) is 0 Å². The van der Waals surface area contributed by atoms with Crippen molar-refractivity contribution in [1.29, 1.82) is 0 Å². The van der Waals surface area contributed by atoms with Gasteiger partial charge in [-0.3, -0.25) is 15.0 Å². The van der Waals surface area contributed by atoms with Crippen molar-refractivity contribution in [1.82, 2.24) is 19.8 Å². The van der Waals surface area contributed by atoms with Crippen LogP contribution >= 0.6 is 0 Å². The summed E-state index contributed by atoms with van der Waals surface area (Å²) in [6, 6.07) is 9.23. The van der Waals surface area contributed by atoms with Gasteiger partial charge in [-0.15, -0.1) is 10.2 Å². The molecule has 110 valence electrons. The average Bonchev–Trinajstić information content (AvgIpc) is 3.00. The van der Waals surface area contributed by atoms with Crippen molar-refractivity contribution in [2.24, 2.45) is 0 Å². The van der Waals surface area contributed by atoms with Crippen LogP contribution in [-0.4, -0.2) is 49.8 Å². The molecule has 0 bridgehead atoms. The van der Waals surface area contributed by atoms with E-state index in [0.29, 0.717) is 0 Å². The minimum absolute atomic E-state index is 0.0727. The molecule has 1 heterocycles. The molecular formula is C13H15N5O3. The smallest absolute Gasteiger partial charge is 0.328 e. The van der Waals surface area contributed by atoms with Gasteiger partial charge in [-0.05, 0) is 5.56 Å². The molecule has 2 rings (SSSR count). The van der Waals surface area contributed by atoms with Gasteiger partial charge >= 0.3 is 11.8 Å². The predicted molar refractivity (Wildman–Crippen MR) is 73.3 cm³/mol. The van der Waals surface area contributed by atoms with E-state index >= 15 is 0 Å². The van der Waals surface area contributed by atoms with Crippen LogP contribution in [0.25, 0.3) is 0 Å². The van der Waals surface area contributed by atoms with Crippen LogP contribution in [0.15, 0.2) is 43.0 Å². The fourth-order valence-electron chi connectivity index (χ4n) is 1.74. The first-order chi connectivity index (χ1) is 10.2. The Hall–Kier alpha value is -2.74. The third-order valence-electron chi connectivity index (χ3n) is 2.72. The zero-order valence-corrected chi connectivity index (χ0v) is 11.2. The van der Waals surface area contributed by atoms with E-state index in [1.54, 1.807) is 0 Å². The molecule has 1 aromatic carbocycles. The van der Waals surface area contributed by atoms with Crippen molar-refractivity contribution in [2.75, 3.05) is 18.6 Å². The molecule has 0 saturated carbocycles. The van der Waals surface area contributed by atoms with Crippen molar-refractivity contribution >= 4 is 11.8 Å². The number of aliphatic hydroxyl groups is 1. The molecule has 0 radical (unpaired) electrons. The highest BCUT2D eigenvalue weighted by atomic mass is 16.3. The summed E-state index contributed by atoms with van der Waals surface area (Å²) in [7, 11) is 0. The molecule has 2 amide bonds. The van der Waals surface area contributed by atoms with E-state index in [2.05, 4.69) is 15.6 Å². The number of amides is 2. The van der Waals surface area contributed by atoms with Crippen molar-refractivity contribution < 1.29 is 14.7 Å². The maximum atomic E-state index is 12.1. The van der Waals surface area contributed by atoms with Gasteiger partial charge in [-0.2, -0.15) is 0 Å². The largest absolute Gasteiger partial charge is 0.395 e. The van der Waals surface area contributed by atoms with Crippen molar-refractivity contribution in [3.63, 3.8) is 0 Å². The van der Waals surface area contributed by atoms with Crippen LogP contribution in [0, 0.1) is 0 Å². The topological polar surface area (TPSA) is 100 Å². The lowest BCUT2D eigenvalue weighted by molar-refractivity contribution is -0.144. The number of nitrogens with one attached hydrogen (secondary N) is 1. The number of aliphatic hydroxyl groups excluding tert-OH is 1. The maximum absolute atomic E-state index is 12.1. The van der Waals surface area contributed by atoms with Gasteiger partial charge in [0.1, 0.15) is 12.7 Å². The van der Waals surface area contributed by atoms with E-state index < -0.39 is 11.8 Å². The summed E-state index contributed by atoms with van der Waals surface area (Å²) >= 11 is 0. The van der Waals surface area contributed by atoms with Crippen LogP contribution in [0.5, 0.6) is 0 Å². The van der Waals surface area contributed by atoms with Gasteiger partial charge in [-0.25, -0.2) is 4.68 Å². The fourth-order valence-corrected chi connectivity index (χ4v) is 1.74. The minimum atomic E-state index is -0.820. The monoisotopic (exact) mass is 289 g/mol. The molecule has 1 aromatic heterocycles.